The van der Waals surface area contributed by atoms with Crippen LogP contribution in [0.3, 0.4) is 0 Å². The number of aromatic nitrogens is 4. The van der Waals surface area contributed by atoms with Crippen LogP contribution in [0.1, 0.15) is 33.8 Å². The Kier molecular flexibility index (Phi) is 5.44. The van der Waals surface area contributed by atoms with Crippen molar-refractivity contribution in [2.75, 3.05) is 23.8 Å². The summed E-state index contributed by atoms with van der Waals surface area (Å²) in [6.07, 6.45) is 6.20. The van der Waals surface area contributed by atoms with Crippen LogP contribution in [0.4, 0.5) is 11.5 Å². The Morgan fingerprint density at radius 2 is 2.10 bits per heavy atom. The number of pyridine rings is 1. The van der Waals surface area contributed by atoms with Gasteiger partial charge in [0.2, 0.25) is 5.89 Å². The predicted molar refractivity (Wildman–Crippen MR) is 107 cm³/mol. The summed E-state index contributed by atoms with van der Waals surface area (Å²) in [5, 5.41) is 9.89. The van der Waals surface area contributed by atoms with E-state index in [1.807, 2.05) is 6.07 Å². The largest absolute Gasteiger partial charge is 0.444 e. The van der Waals surface area contributed by atoms with E-state index in [0.717, 1.165) is 26.1 Å². The number of carbonyl (C=O) groups is 2. The van der Waals surface area contributed by atoms with Gasteiger partial charge in [0.25, 0.3) is 11.8 Å². The number of ether oxygens (including phenoxy) is 1. The van der Waals surface area contributed by atoms with Gasteiger partial charge < -0.3 is 25.5 Å². The zero-order valence-corrected chi connectivity index (χ0v) is 16.3. The molecule has 11 heteroatoms. The summed E-state index contributed by atoms with van der Waals surface area (Å²) in [4.78, 5) is 32.6. The number of carbonyl (C=O) groups excluding carboxylic acids is 2. The topological polar surface area (TPSA) is 150 Å². The maximum Gasteiger partial charge on any atom is 0.277 e. The third-order valence-electron chi connectivity index (χ3n) is 4.63. The highest BCUT2D eigenvalue weighted by Gasteiger charge is 2.20. The molecule has 0 aliphatic carbocycles. The van der Waals surface area contributed by atoms with E-state index >= 15 is 0 Å². The Balaban J connectivity index is 1.48. The molecule has 11 nitrogen and oxygen atoms in total. The van der Waals surface area contributed by atoms with Crippen LogP contribution < -0.4 is 16.4 Å². The van der Waals surface area contributed by atoms with Crippen LogP contribution in [0.15, 0.2) is 35.2 Å². The van der Waals surface area contributed by atoms with Crippen molar-refractivity contribution in [3.05, 3.63) is 42.2 Å². The van der Waals surface area contributed by atoms with E-state index < -0.39 is 11.8 Å². The molecule has 4 rings (SSSR count). The molecule has 0 aromatic carbocycles. The van der Waals surface area contributed by atoms with E-state index in [9.17, 15) is 9.59 Å². The number of amides is 2. The lowest BCUT2D eigenvalue weighted by molar-refractivity contribution is 0.0903. The van der Waals surface area contributed by atoms with E-state index in [1.54, 1.807) is 19.3 Å². The predicted octanol–water partition coefficient (Wildman–Crippen LogP) is 1.41. The van der Waals surface area contributed by atoms with Gasteiger partial charge in [0, 0.05) is 44.3 Å². The highest BCUT2D eigenvalue weighted by molar-refractivity contribution is 6.07. The van der Waals surface area contributed by atoms with E-state index in [1.165, 1.54) is 17.1 Å². The highest BCUT2D eigenvalue weighted by Crippen LogP contribution is 2.23. The molecular weight excluding hydrogens is 390 g/mol. The average molecular weight is 411 g/mol. The quantitative estimate of drug-likeness (QED) is 0.551. The molecule has 0 radical (unpaired) electrons. The van der Waals surface area contributed by atoms with E-state index in [0.29, 0.717) is 17.4 Å². The number of oxazole rings is 1. The third kappa shape index (κ3) is 4.30. The number of nitrogens with one attached hydrogen (secondary N) is 2. The van der Waals surface area contributed by atoms with Crippen molar-refractivity contribution < 1.29 is 18.7 Å². The molecule has 3 aromatic heterocycles. The standard InChI is InChI=1S/C19H21N7O4/c1-26-9-13(16(25-26)17(20)27)23-18(28)14-10-30-19(24-14)11-2-5-21-15(8-11)22-12-3-6-29-7-4-12/h2,5,8-10,12H,3-4,6-7H2,1H3,(H2,20,27)(H,21,22)(H,23,28). The first-order valence-corrected chi connectivity index (χ1v) is 9.40. The fourth-order valence-electron chi connectivity index (χ4n) is 3.15. The van der Waals surface area contributed by atoms with Gasteiger partial charge >= 0.3 is 0 Å². The summed E-state index contributed by atoms with van der Waals surface area (Å²) in [7, 11) is 1.62. The molecule has 1 saturated heterocycles. The Morgan fingerprint density at radius 1 is 1.30 bits per heavy atom. The number of primary amides is 1. The SMILES string of the molecule is Cn1cc(NC(=O)c2coc(-c3ccnc(NC4CCOCC4)c3)n2)c(C(N)=O)n1. The lowest BCUT2D eigenvalue weighted by Gasteiger charge is -2.23. The van der Waals surface area contributed by atoms with E-state index in [2.05, 4.69) is 25.7 Å². The van der Waals surface area contributed by atoms with E-state index in [-0.39, 0.29) is 23.0 Å². The van der Waals surface area contributed by atoms with Crippen molar-refractivity contribution in [1.82, 2.24) is 19.7 Å². The molecule has 0 spiro atoms. The molecule has 0 saturated carbocycles. The van der Waals surface area contributed by atoms with Gasteiger partial charge in [0.15, 0.2) is 11.4 Å². The van der Waals surface area contributed by atoms with Crippen LogP contribution in [0.2, 0.25) is 0 Å². The molecule has 30 heavy (non-hydrogen) atoms. The average Bonchev–Trinajstić information content (AvgIpc) is 3.36. The molecule has 156 valence electrons. The van der Waals surface area contributed by atoms with Crippen LogP contribution in [-0.4, -0.2) is 50.8 Å². The lowest BCUT2D eigenvalue weighted by atomic mass is 10.1. The molecule has 1 fully saturated rings. The van der Waals surface area contributed by atoms with Crippen molar-refractivity contribution in [3.8, 4) is 11.5 Å². The minimum atomic E-state index is -0.743. The summed E-state index contributed by atoms with van der Waals surface area (Å²) in [5.74, 6) is -0.313. The molecule has 1 aliphatic heterocycles. The van der Waals surface area contributed by atoms with Gasteiger partial charge in [-0.15, -0.1) is 0 Å². The summed E-state index contributed by atoms with van der Waals surface area (Å²) in [6.45, 7) is 1.45. The molecule has 0 unspecified atom stereocenters. The van der Waals surface area contributed by atoms with Crippen molar-refractivity contribution >= 4 is 23.3 Å². The molecule has 4 N–H and O–H groups in total. The second-order valence-electron chi connectivity index (χ2n) is 6.88. The van der Waals surface area contributed by atoms with Crippen molar-refractivity contribution in [1.29, 1.82) is 0 Å². The van der Waals surface area contributed by atoms with Crippen molar-refractivity contribution in [3.63, 3.8) is 0 Å². The van der Waals surface area contributed by atoms with Crippen molar-refractivity contribution in [2.45, 2.75) is 18.9 Å². The minimum absolute atomic E-state index is 0.0347. The van der Waals surface area contributed by atoms with Gasteiger partial charge in [0.05, 0.1) is 5.69 Å². The Labute approximate surface area is 171 Å². The van der Waals surface area contributed by atoms with Crippen molar-refractivity contribution in [2.24, 2.45) is 12.8 Å². The number of hydrogen-bond donors (Lipinski definition) is 3. The first-order valence-electron chi connectivity index (χ1n) is 9.40. The molecule has 0 bridgehead atoms. The summed E-state index contributed by atoms with van der Waals surface area (Å²) in [5.41, 5.74) is 6.18. The molecular formula is C19H21N7O4. The molecule has 1 aliphatic rings. The normalized spacial score (nSPS) is 14.4. The minimum Gasteiger partial charge on any atom is -0.444 e. The molecule has 0 atom stereocenters. The summed E-state index contributed by atoms with van der Waals surface area (Å²) >= 11 is 0. The van der Waals surface area contributed by atoms with Gasteiger partial charge in [-0.1, -0.05) is 0 Å². The summed E-state index contributed by atoms with van der Waals surface area (Å²) < 4.78 is 12.2. The third-order valence-corrected chi connectivity index (χ3v) is 4.63. The van der Waals surface area contributed by atoms with Crippen LogP contribution in [0.5, 0.6) is 0 Å². The first-order chi connectivity index (χ1) is 14.5. The lowest BCUT2D eigenvalue weighted by Crippen LogP contribution is -2.28. The first kappa shape index (κ1) is 19.6. The highest BCUT2D eigenvalue weighted by atomic mass is 16.5. The van der Waals surface area contributed by atoms with Gasteiger partial charge in [-0.25, -0.2) is 9.97 Å². The van der Waals surface area contributed by atoms with Crippen LogP contribution in [0, 0.1) is 0 Å². The molecule has 2 amide bonds. The van der Waals surface area contributed by atoms with Gasteiger partial charge in [0.1, 0.15) is 12.1 Å². The zero-order valence-electron chi connectivity index (χ0n) is 16.3. The number of nitrogens with zero attached hydrogens (tertiary/aromatic N) is 4. The number of hydrogen-bond acceptors (Lipinski definition) is 8. The molecule has 3 aromatic rings. The number of anilines is 2. The zero-order chi connectivity index (χ0) is 21.1. The van der Waals surface area contributed by atoms with Gasteiger partial charge in [-0.05, 0) is 25.0 Å². The molecule has 4 heterocycles. The maximum atomic E-state index is 12.5. The van der Waals surface area contributed by atoms with Crippen LogP contribution in [0.25, 0.3) is 11.5 Å². The smallest absolute Gasteiger partial charge is 0.277 e. The second-order valence-corrected chi connectivity index (χ2v) is 6.88. The maximum absolute atomic E-state index is 12.5. The van der Waals surface area contributed by atoms with Gasteiger partial charge in [-0.3, -0.25) is 14.3 Å². The monoisotopic (exact) mass is 411 g/mol. The fraction of sp³-hybridized carbons (Fsp3) is 0.316. The summed E-state index contributed by atoms with van der Waals surface area (Å²) in [6, 6.07) is 3.86. The number of aryl methyl sites for hydroxylation is 1. The fourth-order valence-corrected chi connectivity index (χ4v) is 3.15. The van der Waals surface area contributed by atoms with Crippen LogP contribution in [-0.2, 0) is 11.8 Å². The Bertz CT molecular complexity index is 1070. The Hall–Kier alpha value is -3.73. The van der Waals surface area contributed by atoms with Crippen LogP contribution >= 0.6 is 0 Å². The number of nitrogens with two attached hydrogens (primary N) is 1. The van der Waals surface area contributed by atoms with Gasteiger partial charge in [-0.2, -0.15) is 5.10 Å². The van der Waals surface area contributed by atoms with E-state index in [4.69, 9.17) is 14.9 Å². The Morgan fingerprint density at radius 3 is 2.87 bits per heavy atom. The number of rotatable bonds is 6. The second kappa shape index (κ2) is 8.33.